The van der Waals surface area contributed by atoms with Gasteiger partial charge >= 0.3 is 5.69 Å². The van der Waals surface area contributed by atoms with Gasteiger partial charge in [-0.3, -0.25) is 18.5 Å². The van der Waals surface area contributed by atoms with Crippen LogP contribution in [0.1, 0.15) is 31.2 Å². The zero-order chi connectivity index (χ0) is 21.6. The van der Waals surface area contributed by atoms with Crippen molar-refractivity contribution in [2.75, 3.05) is 5.32 Å². The Kier molecular flexibility index (Phi) is 5.42. The lowest BCUT2D eigenvalue weighted by molar-refractivity contribution is 0.401. The molecule has 1 aromatic carbocycles. The first kappa shape index (κ1) is 20.6. The van der Waals surface area contributed by atoms with E-state index in [9.17, 15) is 14.0 Å². The van der Waals surface area contributed by atoms with Gasteiger partial charge in [-0.15, -0.1) is 0 Å². The summed E-state index contributed by atoms with van der Waals surface area (Å²) in [4.78, 5) is 29.9. The Hall–Kier alpha value is -2.65. The Balaban J connectivity index is 1.91. The van der Waals surface area contributed by atoms with Crippen LogP contribution in [-0.4, -0.2) is 30.8 Å². The summed E-state index contributed by atoms with van der Waals surface area (Å²) in [6.07, 6.45) is 3.89. The quantitative estimate of drug-likeness (QED) is 0.653. The van der Waals surface area contributed by atoms with Gasteiger partial charge in [-0.05, 0) is 36.6 Å². The molecule has 2 aromatic heterocycles. The minimum Gasteiger partial charge on any atom is -0.351 e. The molecule has 0 spiro atoms. The summed E-state index contributed by atoms with van der Waals surface area (Å²) in [6, 6.07) is 4.02. The maximum atomic E-state index is 13.8. The van der Waals surface area contributed by atoms with Crippen LogP contribution < -0.4 is 22.3 Å². The summed E-state index contributed by atoms with van der Waals surface area (Å²) in [7, 11) is 2.98. The topological polar surface area (TPSA) is 99.9 Å². The number of nitrogens with one attached hydrogen (secondary N) is 1. The number of aromatic nitrogens is 4. The highest BCUT2D eigenvalue weighted by molar-refractivity contribution is 6.31. The van der Waals surface area contributed by atoms with E-state index in [0.717, 1.165) is 30.3 Å². The van der Waals surface area contributed by atoms with Crippen molar-refractivity contribution < 1.29 is 4.39 Å². The van der Waals surface area contributed by atoms with E-state index in [1.165, 1.54) is 29.8 Å². The highest BCUT2D eigenvalue weighted by Gasteiger charge is 2.26. The number of halogens is 2. The molecule has 160 valence electrons. The fourth-order valence-electron chi connectivity index (χ4n) is 4.05. The molecule has 1 fully saturated rings. The Labute approximate surface area is 177 Å². The number of hydrogen-bond donors (Lipinski definition) is 2. The van der Waals surface area contributed by atoms with E-state index in [-0.39, 0.29) is 29.8 Å². The first-order valence-electron chi connectivity index (χ1n) is 9.90. The number of imidazole rings is 1. The molecular weight excluding hydrogens is 411 g/mol. The van der Waals surface area contributed by atoms with Crippen LogP contribution in [0.3, 0.4) is 0 Å². The number of rotatable bonds is 4. The molecule has 4 rings (SSSR count). The first-order chi connectivity index (χ1) is 14.3. The molecule has 10 heteroatoms. The Morgan fingerprint density at radius 2 is 1.97 bits per heavy atom. The van der Waals surface area contributed by atoms with Crippen LogP contribution in [0.2, 0.25) is 5.02 Å². The maximum Gasteiger partial charge on any atom is 0.332 e. The van der Waals surface area contributed by atoms with E-state index in [1.807, 2.05) is 0 Å². The lowest BCUT2D eigenvalue weighted by Crippen LogP contribution is -2.43. The van der Waals surface area contributed by atoms with Crippen molar-refractivity contribution in [3.63, 3.8) is 0 Å². The molecule has 0 saturated heterocycles. The highest BCUT2D eigenvalue weighted by Crippen LogP contribution is 2.26. The molecule has 8 nitrogen and oxygen atoms in total. The average molecular weight is 435 g/mol. The van der Waals surface area contributed by atoms with Gasteiger partial charge in [-0.1, -0.05) is 24.4 Å². The maximum absolute atomic E-state index is 13.8. The van der Waals surface area contributed by atoms with E-state index < -0.39 is 17.1 Å². The summed E-state index contributed by atoms with van der Waals surface area (Å²) in [6.45, 7) is 0.116. The van der Waals surface area contributed by atoms with Gasteiger partial charge in [0.05, 0.1) is 6.54 Å². The molecule has 30 heavy (non-hydrogen) atoms. The van der Waals surface area contributed by atoms with Gasteiger partial charge in [0.15, 0.2) is 11.2 Å². The predicted molar refractivity (Wildman–Crippen MR) is 115 cm³/mol. The van der Waals surface area contributed by atoms with Crippen molar-refractivity contribution in [3.05, 3.63) is 55.4 Å². The summed E-state index contributed by atoms with van der Waals surface area (Å²) in [5.41, 5.74) is 6.33. The predicted octanol–water partition coefficient (Wildman–Crippen LogP) is 1.96. The van der Waals surface area contributed by atoms with Gasteiger partial charge in [0.2, 0.25) is 5.95 Å². The fourth-order valence-corrected chi connectivity index (χ4v) is 4.23. The van der Waals surface area contributed by atoms with Gasteiger partial charge in [0.25, 0.3) is 5.56 Å². The molecule has 2 heterocycles. The van der Waals surface area contributed by atoms with E-state index in [2.05, 4.69) is 10.3 Å². The second-order valence-corrected chi connectivity index (χ2v) is 8.24. The van der Waals surface area contributed by atoms with Crippen molar-refractivity contribution in [2.24, 2.45) is 19.8 Å². The second-order valence-electron chi connectivity index (χ2n) is 7.83. The van der Waals surface area contributed by atoms with Crippen molar-refractivity contribution in [2.45, 2.75) is 44.3 Å². The van der Waals surface area contributed by atoms with Crippen LogP contribution in [-0.2, 0) is 20.6 Å². The summed E-state index contributed by atoms with van der Waals surface area (Å²) in [5.74, 6) is -0.0195. The number of aryl methyl sites for hydroxylation is 1. The van der Waals surface area contributed by atoms with Crippen LogP contribution in [0, 0.1) is 5.82 Å². The zero-order valence-corrected chi connectivity index (χ0v) is 17.6. The molecule has 1 saturated carbocycles. The average Bonchev–Trinajstić information content (AvgIpc) is 3.07. The van der Waals surface area contributed by atoms with Gasteiger partial charge in [-0.2, -0.15) is 4.98 Å². The molecular formula is C20H24ClFN6O2. The number of hydrogen-bond acceptors (Lipinski definition) is 5. The number of nitrogens with two attached hydrogens (primary N) is 1. The molecule has 0 bridgehead atoms. The molecule has 1 aliphatic carbocycles. The molecule has 0 unspecified atom stereocenters. The Morgan fingerprint density at radius 1 is 1.23 bits per heavy atom. The molecule has 0 aliphatic heterocycles. The zero-order valence-electron chi connectivity index (χ0n) is 16.9. The lowest BCUT2D eigenvalue weighted by atomic mass is 9.91. The van der Waals surface area contributed by atoms with E-state index in [1.54, 1.807) is 11.6 Å². The minimum atomic E-state index is -0.478. The van der Waals surface area contributed by atoms with Crippen LogP contribution >= 0.6 is 11.6 Å². The second kappa shape index (κ2) is 7.88. The summed E-state index contributed by atoms with van der Waals surface area (Å²) >= 11 is 6.28. The normalized spacial score (nSPS) is 19.4. The monoisotopic (exact) mass is 434 g/mol. The van der Waals surface area contributed by atoms with Gasteiger partial charge in [0, 0.05) is 31.2 Å². The van der Waals surface area contributed by atoms with Crippen molar-refractivity contribution in [1.29, 1.82) is 0 Å². The SMILES string of the molecule is Cn1c(=O)c2c(nc(N[C@H]3CCCC[C@H]3N)n2Cc2cc(F)ccc2Cl)n(C)c1=O. The number of anilines is 1. The molecule has 3 N–H and O–H groups in total. The smallest absolute Gasteiger partial charge is 0.332 e. The number of fused-ring (bicyclic) bond motifs is 1. The molecule has 2 atom stereocenters. The fraction of sp³-hybridized carbons (Fsp3) is 0.450. The van der Waals surface area contributed by atoms with Crippen LogP contribution in [0.5, 0.6) is 0 Å². The van der Waals surface area contributed by atoms with Crippen molar-refractivity contribution in [3.8, 4) is 0 Å². The standard InChI is InChI=1S/C20H24ClFN6O2/c1-26-17-16(18(29)27(2)20(26)30)28(10-11-9-12(22)7-8-13(11)21)19(25-17)24-15-6-4-3-5-14(15)23/h7-9,14-15H,3-6,10,23H2,1-2H3,(H,24,25)/t14-,15+/m1/s1. The molecule has 3 aromatic rings. The summed E-state index contributed by atoms with van der Waals surface area (Å²) < 4.78 is 17.9. The number of nitrogens with zero attached hydrogens (tertiary/aromatic N) is 4. The third-order valence-electron chi connectivity index (χ3n) is 5.82. The molecule has 0 radical (unpaired) electrons. The van der Waals surface area contributed by atoms with E-state index in [4.69, 9.17) is 17.3 Å². The highest BCUT2D eigenvalue weighted by atomic mass is 35.5. The third-order valence-corrected chi connectivity index (χ3v) is 6.19. The van der Waals surface area contributed by atoms with E-state index in [0.29, 0.717) is 16.5 Å². The summed E-state index contributed by atoms with van der Waals surface area (Å²) in [5, 5.41) is 3.74. The molecule has 0 amide bonds. The first-order valence-corrected chi connectivity index (χ1v) is 10.3. The molecule has 1 aliphatic rings. The Morgan fingerprint density at radius 3 is 2.70 bits per heavy atom. The van der Waals surface area contributed by atoms with Gasteiger partial charge in [-0.25, -0.2) is 9.18 Å². The third kappa shape index (κ3) is 3.52. The number of benzene rings is 1. The van der Waals surface area contributed by atoms with Crippen molar-refractivity contribution in [1.82, 2.24) is 18.7 Å². The Bertz CT molecular complexity index is 1230. The van der Waals surface area contributed by atoms with Gasteiger partial charge in [0.1, 0.15) is 5.82 Å². The minimum absolute atomic E-state index is 0.0156. The van der Waals surface area contributed by atoms with Crippen LogP contribution in [0.15, 0.2) is 27.8 Å². The largest absolute Gasteiger partial charge is 0.351 e. The lowest BCUT2D eigenvalue weighted by Gasteiger charge is -2.29. The van der Waals surface area contributed by atoms with E-state index >= 15 is 0 Å². The van der Waals surface area contributed by atoms with Crippen LogP contribution in [0.4, 0.5) is 10.3 Å². The van der Waals surface area contributed by atoms with Gasteiger partial charge < -0.3 is 11.1 Å². The van der Waals surface area contributed by atoms with Crippen molar-refractivity contribution >= 4 is 28.7 Å². The van der Waals surface area contributed by atoms with Crippen LogP contribution in [0.25, 0.3) is 11.2 Å².